The van der Waals surface area contributed by atoms with Crippen molar-refractivity contribution in [3.63, 3.8) is 0 Å². The lowest BCUT2D eigenvalue weighted by Crippen LogP contribution is -2.43. The lowest BCUT2D eigenvalue weighted by molar-refractivity contribution is -0.117. The number of amides is 2. The quantitative estimate of drug-likeness (QED) is 0.794. The maximum Gasteiger partial charge on any atom is 0.408 e. The molecule has 0 fully saturated rings. The maximum absolute atomic E-state index is 12.0. The molecule has 0 aromatic carbocycles. The number of thiazole rings is 1. The highest BCUT2D eigenvalue weighted by molar-refractivity contribution is 7.14. The molecular weight excluding hydrogens is 322 g/mol. The van der Waals surface area contributed by atoms with E-state index in [0.717, 1.165) is 11.3 Å². The molecule has 0 aliphatic carbocycles. The Morgan fingerprint density at radius 1 is 1.35 bits per heavy atom. The van der Waals surface area contributed by atoms with Gasteiger partial charge in [0.25, 0.3) is 0 Å². The van der Waals surface area contributed by atoms with E-state index in [2.05, 4.69) is 15.6 Å². The highest BCUT2D eigenvalue weighted by Crippen LogP contribution is 2.16. The molecule has 128 valence electrons. The average molecular weight is 343 g/mol. The van der Waals surface area contributed by atoms with Gasteiger partial charge in [-0.1, -0.05) is 0 Å². The summed E-state index contributed by atoms with van der Waals surface area (Å²) < 4.78 is 9.88. The van der Waals surface area contributed by atoms with Crippen molar-refractivity contribution in [2.24, 2.45) is 0 Å². The van der Waals surface area contributed by atoms with E-state index >= 15 is 0 Å². The van der Waals surface area contributed by atoms with Crippen LogP contribution in [0.5, 0.6) is 0 Å². The van der Waals surface area contributed by atoms with E-state index in [1.165, 1.54) is 12.3 Å². The Morgan fingerprint density at radius 2 is 2.00 bits per heavy atom. The molecule has 2 N–H and O–H groups in total. The van der Waals surface area contributed by atoms with Crippen LogP contribution in [-0.4, -0.2) is 41.2 Å². The summed E-state index contributed by atoms with van der Waals surface area (Å²) in [6.07, 6.45) is -0.688. The highest BCUT2D eigenvalue weighted by atomic mass is 32.1. The van der Waals surface area contributed by atoms with Gasteiger partial charge in [0.05, 0.1) is 6.61 Å². The van der Waals surface area contributed by atoms with Crippen LogP contribution in [0.25, 0.3) is 0 Å². The van der Waals surface area contributed by atoms with Gasteiger partial charge in [-0.3, -0.25) is 4.79 Å². The zero-order valence-electron chi connectivity index (χ0n) is 13.8. The minimum atomic E-state index is -0.820. The molecule has 0 aliphatic rings. The Kier molecular flexibility index (Phi) is 6.49. The largest absolute Gasteiger partial charge is 0.461 e. The monoisotopic (exact) mass is 343 g/mol. The molecule has 1 atom stereocenters. The van der Waals surface area contributed by atoms with Crippen LogP contribution in [0.1, 0.15) is 45.1 Å². The van der Waals surface area contributed by atoms with E-state index in [4.69, 9.17) is 9.47 Å². The second-order valence-electron chi connectivity index (χ2n) is 5.62. The van der Waals surface area contributed by atoms with Crippen molar-refractivity contribution in [3.8, 4) is 0 Å². The zero-order chi connectivity index (χ0) is 17.6. The van der Waals surface area contributed by atoms with Crippen LogP contribution in [0.3, 0.4) is 0 Å². The summed E-state index contributed by atoms with van der Waals surface area (Å²) in [5, 5.41) is 6.67. The molecule has 0 saturated carbocycles. The fourth-order valence-electron chi connectivity index (χ4n) is 1.39. The number of aromatic nitrogens is 1. The number of carbonyl (C=O) groups is 3. The first-order valence-electron chi connectivity index (χ1n) is 7.05. The SMILES string of the molecule is CCOC(=O)c1csc(NC(=O)C(C)NC(=O)OC(C)(C)C)n1. The normalized spacial score (nSPS) is 12.2. The molecule has 0 spiro atoms. The van der Waals surface area contributed by atoms with Gasteiger partial charge in [-0.15, -0.1) is 11.3 Å². The van der Waals surface area contributed by atoms with Gasteiger partial charge in [0.2, 0.25) is 5.91 Å². The van der Waals surface area contributed by atoms with Crippen LogP contribution in [-0.2, 0) is 14.3 Å². The van der Waals surface area contributed by atoms with Crippen LogP contribution in [0.2, 0.25) is 0 Å². The second-order valence-corrected chi connectivity index (χ2v) is 6.47. The first kappa shape index (κ1) is 18.9. The summed E-state index contributed by atoms with van der Waals surface area (Å²) in [7, 11) is 0. The lowest BCUT2D eigenvalue weighted by atomic mass is 10.2. The number of nitrogens with zero attached hydrogens (tertiary/aromatic N) is 1. The van der Waals surface area contributed by atoms with Crippen molar-refractivity contribution in [2.45, 2.75) is 46.3 Å². The molecule has 9 heteroatoms. The van der Waals surface area contributed by atoms with Gasteiger partial charge in [0.1, 0.15) is 11.6 Å². The third-order valence-corrected chi connectivity index (χ3v) is 3.10. The third-order valence-electron chi connectivity index (χ3n) is 2.35. The number of hydrogen-bond donors (Lipinski definition) is 2. The minimum absolute atomic E-state index is 0.125. The first-order chi connectivity index (χ1) is 10.6. The molecule has 2 amide bonds. The molecule has 1 unspecified atom stereocenters. The Bertz CT molecular complexity index is 579. The minimum Gasteiger partial charge on any atom is -0.461 e. The molecule has 0 bridgehead atoms. The van der Waals surface area contributed by atoms with Crippen molar-refractivity contribution in [1.29, 1.82) is 0 Å². The van der Waals surface area contributed by atoms with Gasteiger partial charge < -0.3 is 20.1 Å². The van der Waals surface area contributed by atoms with Gasteiger partial charge in [0.15, 0.2) is 10.8 Å². The maximum atomic E-state index is 12.0. The van der Waals surface area contributed by atoms with Crippen molar-refractivity contribution in [1.82, 2.24) is 10.3 Å². The molecule has 1 rings (SSSR count). The molecule has 0 radical (unpaired) electrons. The molecular formula is C14H21N3O5S. The predicted molar refractivity (Wildman–Crippen MR) is 85.5 cm³/mol. The summed E-state index contributed by atoms with van der Waals surface area (Å²) in [5.74, 6) is -1.02. The first-order valence-corrected chi connectivity index (χ1v) is 7.93. The number of alkyl carbamates (subject to hydrolysis) is 1. The number of ether oxygens (including phenoxy) is 2. The summed E-state index contributed by atoms with van der Waals surface area (Å²) in [6.45, 7) is 8.63. The van der Waals surface area contributed by atoms with Crippen LogP contribution in [0.4, 0.5) is 9.93 Å². The van der Waals surface area contributed by atoms with Crippen LogP contribution in [0.15, 0.2) is 5.38 Å². The van der Waals surface area contributed by atoms with E-state index in [0.29, 0.717) is 0 Å². The number of rotatable bonds is 5. The molecule has 1 heterocycles. The van der Waals surface area contributed by atoms with E-state index < -0.39 is 29.6 Å². The number of esters is 1. The van der Waals surface area contributed by atoms with Gasteiger partial charge in [0, 0.05) is 5.38 Å². The summed E-state index contributed by atoms with van der Waals surface area (Å²) in [6, 6.07) is -0.820. The third kappa shape index (κ3) is 6.64. The number of carbonyl (C=O) groups excluding carboxylic acids is 3. The summed E-state index contributed by atoms with van der Waals surface area (Å²) in [4.78, 5) is 39.0. The zero-order valence-corrected chi connectivity index (χ0v) is 14.6. The molecule has 0 aliphatic heterocycles. The summed E-state index contributed by atoms with van der Waals surface area (Å²) >= 11 is 1.09. The Balaban J connectivity index is 2.55. The number of hydrogen-bond acceptors (Lipinski definition) is 7. The van der Waals surface area contributed by atoms with Crippen LogP contribution >= 0.6 is 11.3 Å². The van der Waals surface area contributed by atoms with Crippen molar-refractivity contribution < 1.29 is 23.9 Å². The fraction of sp³-hybridized carbons (Fsp3) is 0.571. The summed E-state index contributed by atoms with van der Waals surface area (Å²) in [5.41, 5.74) is -0.524. The van der Waals surface area contributed by atoms with E-state index in [1.54, 1.807) is 27.7 Å². The van der Waals surface area contributed by atoms with Crippen LogP contribution < -0.4 is 10.6 Å². The second kappa shape index (κ2) is 7.91. The van der Waals surface area contributed by atoms with Crippen molar-refractivity contribution in [3.05, 3.63) is 11.1 Å². The van der Waals surface area contributed by atoms with Gasteiger partial charge >= 0.3 is 12.1 Å². The average Bonchev–Trinajstić information content (AvgIpc) is 2.85. The van der Waals surface area contributed by atoms with Crippen molar-refractivity contribution in [2.75, 3.05) is 11.9 Å². The predicted octanol–water partition coefficient (Wildman–Crippen LogP) is 2.17. The molecule has 23 heavy (non-hydrogen) atoms. The lowest BCUT2D eigenvalue weighted by Gasteiger charge is -2.21. The van der Waals surface area contributed by atoms with E-state index in [1.807, 2.05) is 0 Å². The Hall–Kier alpha value is -2.16. The topological polar surface area (TPSA) is 107 Å². The fourth-order valence-corrected chi connectivity index (χ4v) is 2.08. The van der Waals surface area contributed by atoms with Gasteiger partial charge in [-0.2, -0.15) is 0 Å². The van der Waals surface area contributed by atoms with Gasteiger partial charge in [-0.05, 0) is 34.6 Å². The Morgan fingerprint density at radius 3 is 2.57 bits per heavy atom. The molecule has 8 nitrogen and oxygen atoms in total. The van der Waals surface area contributed by atoms with E-state index in [-0.39, 0.29) is 17.4 Å². The number of nitrogens with one attached hydrogen (secondary N) is 2. The van der Waals surface area contributed by atoms with Gasteiger partial charge in [-0.25, -0.2) is 14.6 Å². The van der Waals surface area contributed by atoms with Crippen LogP contribution in [0, 0.1) is 0 Å². The molecule has 1 aromatic rings. The number of anilines is 1. The molecule has 0 saturated heterocycles. The standard InChI is InChI=1S/C14H21N3O5S/c1-6-21-11(19)9-7-23-12(16-9)17-10(18)8(2)15-13(20)22-14(3,4)5/h7-8H,6H2,1-5H3,(H,15,20)(H,16,17,18). The highest BCUT2D eigenvalue weighted by Gasteiger charge is 2.22. The molecule has 1 aromatic heterocycles. The van der Waals surface area contributed by atoms with Crippen molar-refractivity contribution >= 4 is 34.4 Å². The van der Waals surface area contributed by atoms with E-state index in [9.17, 15) is 14.4 Å². The smallest absolute Gasteiger partial charge is 0.408 e. The Labute approximate surface area is 138 Å².